The predicted octanol–water partition coefficient (Wildman–Crippen LogP) is -0.0438. The van der Waals surface area contributed by atoms with Crippen LogP contribution >= 0.6 is 11.3 Å². The van der Waals surface area contributed by atoms with Crippen LogP contribution in [0.25, 0.3) is 0 Å². The highest BCUT2D eigenvalue weighted by atomic mass is 32.1. The van der Waals surface area contributed by atoms with Crippen LogP contribution in [0.2, 0.25) is 0 Å². The van der Waals surface area contributed by atoms with Gasteiger partial charge in [0, 0.05) is 17.6 Å². The number of hydrogen-bond acceptors (Lipinski definition) is 5. The first-order chi connectivity index (χ1) is 7.15. The van der Waals surface area contributed by atoms with Crippen molar-refractivity contribution in [2.75, 3.05) is 0 Å². The molecule has 0 spiro atoms. The molecule has 2 heterocycles. The van der Waals surface area contributed by atoms with E-state index in [9.17, 15) is 9.59 Å². The van der Waals surface area contributed by atoms with E-state index < -0.39 is 6.04 Å². The maximum absolute atomic E-state index is 11.2. The number of aromatic nitrogens is 1. The van der Waals surface area contributed by atoms with Gasteiger partial charge >= 0.3 is 0 Å². The molecule has 2 N–H and O–H groups in total. The molecule has 1 aromatic rings. The topological polar surface area (TPSA) is 71.1 Å². The van der Waals surface area contributed by atoms with Gasteiger partial charge < -0.3 is 0 Å². The smallest absolute Gasteiger partial charge is 0.244 e. The van der Waals surface area contributed by atoms with Crippen molar-refractivity contribution in [3.8, 4) is 0 Å². The summed E-state index contributed by atoms with van der Waals surface area (Å²) in [5, 5.41) is 6.19. The molecule has 1 aromatic heterocycles. The molecule has 1 fully saturated rings. The van der Waals surface area contributed by atoms with Gasteiger partial charge in [-0.3, -0.25) is 20.2 Å². The molecule has 1 unspecified atom stereocenters. The Morgan fingerprint density at radius 2 is 2.47 bits per heavy atom. The first-order valence-electron chi connectivity index (χ1n) is 4.63. The molecule has 80 valence electrons. The van der Waals surface area contributed by atoms with Gasteiger partial charge in [0.25, 0.3) is 0 Å². The number of carbonyl (C=O) groups excluding carboxylic acids is 2. The van der Waals surface area contributed by atoms with E-state index >= 15 is 0 Å². The van der Waals surface area contributed by atoms with E-state index in [1.54, 1.807) is 17.5 Å². The van der Waals surface area contributed by atoms with Gasteiger partial charge in [-0.25, -0.2) is 4.98 Å². The maximum atomic E-state index is 11.2. The van der Waals surface area contributed by atoms with Crippen LogP contribution in [-0.2, 0) is 16.1 Å². The van der Waals surface area contributed by atoms with Crippen molar-refractivity contribution in [3.63, 3.8) is 0 Å². The highest BCUT2D eigenvalue weighted by Gasteiger charge is 2.29. The molecule has 0 bridgehead atoms. The van der Waals surface area contributed by atoms with Gasteiger partial charge in [0.2, 0.25) is 11.8 Å². The van der Waals surface area contributed by atoms with Crippen LogP contribution in [0.15, 0.2) is 6.20 Å². The minimum absolute atomic E-state index is 0.215. The molecule has 1 atom stereocenters. The lowest BCUT2D eigenvalue weighted by atomic mass is 10.2. The number of carbonyl (C=O) groups is 2. The second-order valence-electron chi connectivity index (χ2n) is 3.41. The third-order valence-corrected chi connectivity index (χ3v) is 3.05. The molecule has 0 saturated carbocycles. The maximum Gasteiger partial charge on any atom is 0.244 e. The molecule has 0 aliphatic carbocycles. The summed E-state index contributed by atoms with van der Waals surface area (Å²) in [4.78, 5) is 27.4. The molecular weight excluding hydrogens is 214 g/mol. The minimum atomic E-state index is -0.401. The molecule has 2 rings (SSSR count). The molecule has 5 nitrogen and oxygen atoms in total. The SMILES string of the molecule is Cc1cnc(CNC2CC(=O)NC2=O)s1. The van der Waals surface area contributed by atoms with Crippen LogP contribution in [0.1, 0.15) is 16.3 Å². The van der Waals surface area contributed by atoms with Crippen molar-refractivity contribution in [2.45, 2.75) is 25.9 Å². The van der Waals surface area contributed by atoms with Crippen molar-refractivity contribution in [1.82, 2.24) is 15.6 Å². The van der Waals surface area contributed by atoms with Gasteiger partial charge in [0.15, 0.2) is 0 Å². The Morgan fingerprint density at radius 1 is 1.67 bits per heavy atom. The summed E-state index contributed by atoms with van der Waals surface area (Å²) < 4.78 is 0. The number of nitrogens with one attached hydrogen (secondary N) is 2. The lowest BCUT2D eigenvalue weighted by Crippen LogP contribution is -2.35. The fourth-order valence-electron chi connectivity index (χ4n) is 1.41. The quantitative estimate of drug-likeness (QED) is 0.708. The van der Waals surface area contributed by atoms with E-state index in [4.69, 9.17) is 0 Å². The number of rotatable bonds is 3. The van der Waals surface area contributed by atoms with Crippen LogP contribution in [-0.4, -0.2) is 22.8 Å². The van der Waals surface area contributed by atoms with E-state index in [0.29, 0.717) is 6.54 Å². The second-order valence-corrected chi connectivity index (χ2v) is 4.73. The molecule has 1 saturated heterocycles. The Hall–Kier alpha value is -1.27. The van der Waals surface area contributed by atoms with E-state index in [1.807, 2.05) is 6.92 Å². The van der Waals surface area contributed by atoms with Crippen LogP contribution in [0.3, 0.4) is 0 Å². The van der Waals surface area contributed by atoms with E-state index in [-0.39, 0.29) is 18.2 Å². The lowest BCUT2D eigenvalue weighted by molar-refractivity contribution is -0.125. The summed E-state index contributed by atoms with van der Waals surface area (Å²) in [5.41, 5.74) is 0. The Morgan fingerprint density at radius 3 is 3.00 bits per heavy atom. The molecule has 2 amide bonds. The van der Waals surface area contributed by atoms with Crippen molar-refractivity contribution in [1.29, 1.82) is 0 Å². The zero-order valence-electron chi connectivity index (χ0n) is 8.24. The van der Waals surface area contributed by atoms with Crippen LogP contribution in [0.5, 0.6) is 0 Å². The summed E-state index contributed by atoms with van der Waals surface area (Å²) in [5.74, 6) is -0.457. The minimum Gasteiger partial charge on any atom is -0.299 e. The molecular formula is C9H11N3O2S. The number of hydrogen-bond donors (Lipinski definition) is 2. The second kappa shape index (κ2) is 4.08. The van der Waals surface area contributed by atoms with Crippen molar-refractivity contribution < 1.29 is 9.59 Å². The van der Waals surface area contributed by atoms with E-state index in [2.05, 4.69) is 15.6 Å². The molecule has 1 aliphatic rings. The monoisotopic (exact) mass is 225 g/mol. The summed E-state index contributed by atoms with van der Waals surface area (Å²) in [6.07, 6.45) is 2.02. The van der Waals surface area contributed by atoms with Gasteiger partial charge in [-0.15, -0.1) is 11.3 Å². The molecule has 1 aliphatic heterocycles. The van der Waals surface area contributed by atoms with Crippen molar-refractivity contribution in [3.05, 3.63) is 16.1 Å². The van der Waals surface area contributed by atoms with E-state index in [0.717, 1.165) is 9.88 Å². The fourth-order valence-corrected chi connectivity index (χ4v) is 2.15. The highest BCUT2D eigenvalue weighted by Crippen LogP contribution is 2.11. The fraction of sp³-hybridized carbons (Fsp3) is 0.444. The predicted molar refractivity (Wildman–Crippen MR) is 55.2 cm³/mol. The van der Waals surface area contributed by atoms with Crippen LogP contribution < -0.4 is 10.6 Å². The number of imide groups is 1. The van der Waals surface area contributed by atoms with Crippen LogP contribution in [0.4, 0.5) is 0 Å². The zero-order valence-corrected chi connectivity index (χ0v) is 9.06. The zero-order chi connectivity index (χ0) is 10.8. The number of thiazole rings is 1. The standard InChI is InChI=1S/C9H11N3O2S/c1-5-3-11-8(15-5)4-10-6-2-7(13)12-9(6)14/h3,6,10H,2,4H2,1H3,(H,12,13,14). The Kier molecular flexibility index (Phi) is 2.79. The van der Waals surface area contributed by atoms with Gasteiger partial charge in [-0.2, -0.15) is 0 Å². The Labute approximate surface area is 90.9 Å². The first-order valence-corrected chi connectivity index (χ1v) is 5.45. The van der Waals surface area contributed by atoms with Crippen molar-refractivity contribution in [2.24, 2.45) is 0 Å². The summed E-state index contributed by atoms with van der Waals surface area (Å²) in [6.45, 7) is 2.51. The normalized spacial score (nSPS) is 20.7. The van der Waals surface area contributed by atoms with Gasteiger partial charge in [-0.05, 0) is 6.92 Å². The largest absolute Gasteiger partial charge is 0.299 e. The number of amides is 2. The Bertz CT molecular complexity index is 402. The molecule has 6 heteroatoms. The number of nitrogens with zero attached hydrogens (tertiary/aromatic N) is 1. The van der Waals surface area contributed by atoms with Crippen LogP contribution in [0, 0.1) is 6.92 Å². The van der Waals surface area contributed by atoms with Crippen molar-refractivity contribution >= 4 is 23.2 Å². The third kappa shape index (κ3) is 2.40. The molecule has 0 aromatic carbocycles. The highest BCUT2D eigenvalue weighted by molar-refractivity contribution is 7.11. The number of aryl methyl sites for hydroxylation is 1. The Balaban J connectivity index is 1.88. The summed E-state index contributed by atoms with van der Waals surface area (Å²) in [7, 11) is 0. The average Bonchev–Trinajstić information content (AvgIpc) is 2.70. The van der Waals surface area contributed by atoms with Gasteiger partial charge in [0.1, 0.15) is 5.01 Å². The molecule has 0 radical (unpaired) electrons. The first kappa shape index (κ1) is 10.3. The third-order valence-electron chi connectivity index (χ3n) is 2.14. The average molecular weight is 225 g/mol. The van der Waals surface area contributed by atoms with Gasteiger partial charge in [0.05, 0.1) is 12.5 Å². The lowest BCUT2D eigenvalue weighted by Gasteiger charge is -2.06. The summed E-state index contributed by atoms with van der Waals surface area (Å²) in [6, 6.07) is -0.401. The van der Waals surface area contributed by atoms with E-state index in [1.165, 1.54) is 0 Å². The summed E-state index contributed by atoms with van der Waals surface area (Å²) >= 11 is 1.58. The molecule has 15 heavy (non-hydrogen) atoms. The van der Waals surface area contributed by atoms with Gasteiger partial charge in [-0.1, -0.05) is 0 Å².